The minimum atomic E-state index is -0.0947. The van der Waals surface area contributed by atoms with Gasteiger partial charge in [0.25, 0.3) is 0 Å². The zero-order chi connectivity index (χ0) is 11.2. The number of aliphatic imine (C=N–C) groups is 1. The first-order valence-corrected chi connectivity index (χ1v) is 5.59. The normalized spacial score (nSPS) is 30.8. The molecule has 3 heteroatoms. The molecule has 0 aromatic heterocycles. The van der Waals surface area contributed by atoms with E-state index < -0.39 is 0 Å². The molecule has 16 heavy (non-hydrogen) atoms. The maximum atomic E-state index is 5.62. The summed E-state index contributed by atoms with van der Waals surface area (Å²) >= 11 is 0. The van der Waals surface area contributed by atoms with Crippen molar-refractivity contribution in [3.63, 3.8) is 0 Å². The Labute approximate surface area is 95.1 Å². The molecule has 1 saturated heterocycles. The summed E-state index contributed by atoms with van der Waals surface area (Å²) in [6, 6.07) is 10.2. The summed E-state index contributed by atoms with van der Waals surface area (Å²) in [6.07, 6.45) is 0.165. The number of ether oxygens (including phenoxy) is 2. The van der Waals surface area contributed by atoms with Gasteiger partial charge in [0.1, 0.15) is 12.7 Å². The lowest BCUT2D eigenvalue weighted by Gasteiger charge is -2.07. The highest BCUT2D eigenvalue weighted by molar-refractivity contribution is 5.85. The Hall–Kier alpha value is -1.35. The van der Waals surface area contributed by atoms with E-state index in [1.165, 1.54) is 5.56 Å². The summed E-state index contributed by atoms with van der Waals surface area (Å²) in [5.74, 6) is 0.763. The van der Waals surface area contributed by atoms with Crippen LogP contribution in [-0.2, 0) is 9.47 Å². The number of nitrogens with zero attached hydrogens (tertiary/aromatic N) is 1. The molecular weight excluding hydrogens is 202 g/mol. The Bertz CT molecular complexity index is 425. The molecule has 0 radical (unpaired) electrons. The predicted octanol–water partition coefficient (Wildman–Crippen LogP) is 2.33. The molecule has 3 nitrogen and oxygen atoms in total. The van der Waals surface area contributed by atoms with Gasteiger partial charge >= 0.3 is 0 Å². The molecule has 2 aliphatic rings. The van der Waals surface area contributed by atoms with Crippen LogP contribution in [0, 0.1) is 0 Å². The van der Waals surface area contributed by atoms with Gasteiger partial charge in [0.05, 0.1) is 5.54 Å². The summed E-state index contributed by atoms with van der Waals surface area (Å²) in [5, 5.41) is 0. The van der Waals surface area contributed by atoms with Crippen molar-refractivity contribution in [2.24, 2.45) is 4.99 Å². The van der Waals surface area contributed by atoms with Crippen molar-refractivity contribution in [3.8, 4) is 0 Å². The van der Waals surface area contributed by atoms with Crippen molar-refractivity contribution in [1.29, 1.82) is 0 Å². The van der Waals surface area contributed by atoms with Crippen LogP contribution in [0.5, 0.6) is 0 Å². The van der Waals surface area contributed by atoms with Gasteiger partial charge < -0.3 is 9.47 Å². The van der Waals surface area contributed by atoms with Crippen LogP contribution >= 0.6 is 0 Å². The second-order valence-corrected chi connectivity index (χ2v) is 4.94. The van der Waals surface area contributed by atoms with E-state index >= 15 is 0 Å². The van der Waals surface area contributed by atoms with E-state index in [1.807, 2.05) is 18.2 Å². The molecule has 84 valence electrons. The summed E-state index contributed by atoms with van der Waals surface area (Å²) in [6.45, 7) is 4.80. The van der Waals surface area contributed by atoms with Crippen LogP contribution in [0.15, 0.2) is 35.3 Å². The highest BCUT2D eigenvalue weighted by atomic mass is 16.6. The third kappa shape index (κ3) is 1.71. The molecular formula is C13H15NO2. The number of hydrogen-bond donors (Lipinski definition) is 0. The minimum Gasteiger partial charge on any atom is -0.476 e. The third-order valence-electron chi connectivity index (χ3n) is 2.85. The average molecular weight is 217 g/mol. The summed E-state index contributed by atoms with van der Waals surface area (Å²) < 4.78 is 11.2. The molecule has 0 amide bonds. The summed E-state index contributed by atoms with van der Waals surface area (Å²) in [4.78, 5) is 4.53. The maximum absolute atomic E-state index is 5.62. The van der Waals surface area contributed by atoms with Crippen molar-refractivity contribution >= 4 is 5.90 Å². The standard InChI is InChI=1S/C13H15NO2/c1-13(2)8-15-12(14-13)11-10(16-11)9-6-4-3-5-7-9/h3-7,10-11H,8H2,1-2H3/t10-,11+/m0/s1. The smallest absolute Gasteiger partial charge is 0.217 e. The molecule has 0 aliphatic carbocycles. The average Bonchev–Trinajstić information content (AvgIpc) is 2.99. The molecule has 0 N–H and O–H groups in total. The third-order valence-corrected chi connectivity index (χ3v) is 2.85. The minimum absolute atomic E-state index is 0.0316. The van der Waals surface area contributed by atoms with Crippen molar-refractivity contribution in [1.82, 2.24) is 0 Å². The fraction of sp³-hybridized carbons (Fsp3) is 0.462. The van der Waals surface area contributed by atoms with Gasteiger partial charge in [-0.2, -0.15) is 0 Å². The quantitative estimate of drug-likeness (QED) is 0.712. The summed E-state index contributed by atoms with van der Waals surface area (Å²) in [5.41, 5.74) is 1.10. The lowest BCUT2D eigenvalue weighted by molar-refractivity contribution is 0.266. The topological polar surface area (TPSA) is 34.1 Å². The molecule has 2 heterocycles. The molecule has 2 aliphatic heterocycles. The van der Waals surface area contributed by atoms with Crippen LogP contribution in [0.4, 0.5) is 0 Å². The monoisotopic (exact) mass is 217 g/mol. The Kier molecular flexibility index (Phi) is 2.04. The number of rotatable bonds is 2. The van der Waals surface area contributed by atoms with Crippen LogP contribution in [0.25, 0.3) is 0 Å². The van der Waals surface area contributed by atoms with Crippen LogP contribution in [0.1, 0.15) is 25.5 Å². The molecule has 2 atom stereocenters. The van der Waals surface area contributed by atoms with E-state index in [4.69, 9.17) is 9.47 Å². The van der Waals surface area contributed by atoms with Crippen molar-refractivity contribution in [2.45, 2.75) is 31.6 Å². The molecule has 3 rings (SSSR count). The van der Waals surface area contributed by atoms with Gasteiger partial charge in [-0.25, -0.2) is 4.99 Å². The number of epoxide rings is 1. The molecule has 1 aromatic rings. The lowest BCUT2D eigenvalue weighted by atomic mass is 10.1. The highest BCUT2D eigenvalue weighted by Crippen LogP contribution is 2.41. The first-order valence-electron chi connectivity index (χ1n) is 5.59. The maximum Gasteiger partial charge on any atom is 0.217 e. The first kappa shape index (κ1) is 9.85. The number of hydrogen-bond acceptors (Lipinski definition) is 3. The Balaban J connectivity index is 1.74. The van der Waals surface area contributed by atoms with E-state index in [-0.39, 0.29) is 17.7 Å². The number of benzene rings is 1. The molecule has 0 unspecified atom stereocenters. The highest BCUT2D eigenvalue weighted by Gasteiger charge is 2.48. The van der Waals surface area contributed by atoms with E-state index in [9.17, 15) is 0 Å². The molecule has 1 aromatic carbocycles. The summed E-state index contributed by atoms with van der Waals surface area (Å²) in [7, 11) is 0. The van der Waals surface area contributed by atoms with Gasteiger partial charge in [0.15, 0.2) is 6.10 Å². The van der Waals surface area contributed by atoms with Crippen molar-refractivity contribution < 1.29 is 9.47 Å². The van der Waals surface area contributed by atoms with Crippen LogP contribution in [0.2, 0.25) is 0 Å². The van der Waals surface area contributed by atoms with Crippen LogP contribution in [-0.4, -0.2) is 24.1 Å². The Morgan fingerprint density at radius 1 is 1.19 bits per heavy atom. The predicted molar refractivity (Wildman–Crippen MR) is 61.5 cm³/mol. The largest absolute Gasteiger partial charge is 0.476 e. The van der Waals surface area contributed by atoms with Gasteiger partial charge in [-0.15, -0.1) is 0 Å². The fourth-order valence-corrected chi connectivity index (χ4v) is 1.96. The van der Waals surface area contributed by atoms with E-state index in [0.29, 0.717) is 6.61 Å². The van der Waals surface area contributed by atoms with E-state index in [0.717, 1.165) is 5.90 Å². The van der Waals surface area contributed by atoms with Gasteiger partial charge in [-0.3, -0.25) is 0 Å². The second-order valence-electron chi connectivity index (χ2n) is 4.94. The van der Waals surface area contributed by atoms with Crippen LogP contribution < -0.4 is 0 Å². The van der Waals surface area contributed by atoms with Gasteiger partial charge in [0, 0.05) is 0 Å². The first-order chi connectivity index (χ1) is 7.66. The van der Waals surface area contributed by atoms with E-state index in [1.54, 1.807) is 0 Å². The molecule has 1 fully saturated rings. The van der Waals surface area contributed by atoms with Crippen molar-refractivity contribution in [3.05, 3.63) is 35.9 Å². The SMILES string of the molecule is CC1(C)COC([C@@H]2O[C@H]2c2ccccc2)=N1. The molecule has 0 bridgehead atoms. The fourth-order valence-electron chi connectivity index (χ4n) is 1.96. The Morgan fingerprint density at radius 2 is 1.94 bits per heavy atom. The zero-order valence-electron chi connectivity index (χ0n) is 9.51. The van der Waals surface area contributed by atoms with E-state index in [2.05, 4.69) is 31.0 Å². The molecule has 0 spiro atoms. The second kappa shape index (κ2) is 3.32. The van der Waals surface area contributed by atoms with Crippen LogP contribution in [0.3, 0.4) is 0 Å². The molecule has 0 saturated carbocycles. The zero-order valence-corrected chi connectivity index (χ0v) is 9.51. The van der Waals surface area contributed by atoms with Crippen molar-refractivity contribution in [2.75, 3.05) is 6.61 Å². The Morgan fingerprint density at radius 3 is 2.56 bits per heavy atom. The van der Waals surface area contributed by atoms with Gasteiger partial charge in [-0.1, -0.05) is 30.3 Å². The van der Waals surface area contributed by atoms with Gasteiger partial charge in [0.2, 0.25) is 5.90 Å². The lowest BCUT2D eigenvalue weighted by Crippen LogP contribution is -2.17. The van der Waals surface area contributed by atoms with Gasteiger partial charge in [-0.05, 0) is 19.4 Å².